The lowest BCUT2D eigenvalue weighted by Gasteiger charge is -2.09. The van der Waals surface area contributed by atoms with Gasteiger partial charge in [0, 0.05) is 5.56 Å². The number of carbonyl (C=O) groups is 1. The van der Waals surface area contributed by atoms with Crippen LogP contribution in [0.15, 0.2) is 70.2 Å². The van der Waals surface area contributed by atoms with Crippen LogP contribution in [0.5, 0.6) is 0 Å². The highest BCUT2D eigenvalue weighted by molar-refractivity contribution is 7.89. The van der Waals surface area contributed by atoms with E-state index >= 15 is 0 Å². The molecule has 27 heavy (non-hydrogen) atoms. The molecule has 0 unspecified atom stereocenters. The van der Waals surface area contributed by atoms with Crippen LogP contribution in [0, 0.1) is 6.92 Å². The summed E-state index contributed by atoms with van der Waals surface area (Å²) in [7, 11) is -3.71. The van der Waals surface area contributed by atoms with Gasteiger partial charge in [0.05, 0.1) is 28.4 Å². The fourth-order valence-electron chi connectivity index (χ4n) is 2.36. The second kappa shape index (κ2) is 7.96. The Kier molecular flexibility index (Phi) is 5.65. The topological polar surface area (TPSA) is 88.4 Å². The average Bonchev–Trinajstić information content (AvgIpc) is 3.16. The monoisotopic (exact) mass is 404 g/mol. The third-order valence-corrected chi connectivity index (χ3v) is 5.55. The number of nitrogens with one attached hydrogen (secondary N) is 2. The molecule has 0 spiro atoms. The van der Waals surface area contributed by atoms with Crippen molar-refractivity contribution < 1.29 is 17.6 Å². The Morgan fingerprint density at radius 2 is 1.85 bits per heavy atom. The Balaban J connectivity index is 1.69. The van der Waals surface area contributed by atoms with Gasteiger partial charge in [-0.3, -0.25) is 4.79 Å². The number of sulfonamides is 1. The molecule has 0 bridgehead atoms. The molecule has 0 aliphatic carbocycles. The van der Waals surface area contributed by atoms with E-state index in [-0.39, 0.29) is 17.3 Å². The summed E-state index contributed by atoms with van der Waals surface area (Å²) in [5.41, 5.74) is 1.79. The van der Waals surface area contributed by atoms with Gasteiger partial charge in [-0.15, -0.1) is 0 Å². The lowest BCUT2D eigenvalue weighted by molar-refractivity contribution is 0.102. The van der Waals surface area contributed by atoms with Gasteiger partial charge in [0.15, 0.2) is 0 Å². The standard InChI is InChI=1S/C19H17ClN2O4S/c1-13-4-9-18(17(20)11-13)22-19(23)14-5-7-16(8-6-14)27(24,25)21-12-15-3-2-10-26-15/h2-11,21H,12H2,1H3,(H,22,23). The van der Waals surface area contributed by atoms with Crippen molar-refractivity contribution >= 4 is 33.2 Å². The molecule has 0 radical (unpaired) electrons. The van der Waals surface area contributed by atoms with Gasteiger partial charge in [-0.2, -0.15) is 0 Å². The summed E-state index contributed by atoms with van der Waals surface area (Å²) in [5, 5.41) is 3.14. The van der Waals surface area contributed by atoms with Gasteiger partial charge < -0.3 is 9.73 Å². The first-order valence-electron chi connectivity index (χ1n) is 8.05. The van der Waals surface area contributed by atoms with E-state index in [4.69, 9.17) is 16.0 Å². The van der Waals surface area contributed by atoms with E-state index in [1.54, 1.807) is 24.3 Å². The molecule has 0 aliphatic heterocycles. The maximum absolute atomic E-state index is 12.3. The highest BCUT2D eigenvalue weighted by Gasteiger charge is 2.16. The van der Waals surface area contributed by atoms with Crippen molar-refractivity contribution in [3.05, 3.63) is 82.8 Å². The second-order valence-electron chi connectivity index (χ2n) is 5.87. The molecule has 8 heteroatoms. The van der Waals surface area contributed by atoms with Crippen LogP contribution in [0.1, 0.15) is 21.7 Å². The Labute approximate surface area is 162 Å². The number of furan rings is 1. The van der Waals surface area contributed by atoms with E-state index in [1.165, 1.54) is 30.5 Å². The van der Waals surface area contributed by atoms with Crippen molar-refractivity contribution in [3.8, 4) is 0 Å². The largest absolute Gasteiger partial charge is 0.468 e. The molecular formula is C19H17ClN2O4S. The Hall–Kier alpha value is -2.61. The van der Waals surface area contributed by atoms with Crippen LogP contribution in [-0.2, 0) is 16.6 Å². The molecule has 0 fully saturated rings. The normalized spacial score (nSPS) is 11.3. The molecular weight excluding hydrogens is 388 g/mol. The summed E-state index contributed by atoms with van der Waals surface area (Å²) in [6.07, 6.45) is 1.47. The molecule has 140 valence electrons. The van der Waals surface area contributed by atoms with E-state index in [1.807, 2.05) is 13.0 Å². The van der Waals surface area contributed by atoms with E-state index in [0.29, 0.717) is 22.0 Å². The van der Waals surface area contributed by atoms with E-state index in [0.717, 1.165) is 5.56 Å². The van der Waals surface area contributed by atoms with Crippen molar-refractivity contribution in [2.75, 3.05) is 5.32 Å². The smallest absolute Gasteiger partial charge is 0.255 e. The number of anilines is 1. The van der Waals surface area contributed by atoms with Gasteiger partial charge in [0.1, 0.15) is 5.76 Å². The van der Waals surface area contributed by atoms with Crippen molar-refractivity contribution in [2.45, 2.75) is 18.4 Å². The fraction of sp³-hybridized carbons (Fsp3) is 0.105. The highest BCUT2D eigenvalue weighted by atomic mass is 35.5. The second-order valence-corrected chi connectivity index (χ2v) is 8.04. The van der Waals surface area contributed by atoms with Gasteiger partial charge in [0.25, 0.3) is 5.91 Å². The highest BCUT2D eigenvalue weighted by Crippen LogP contribution is 2.23. The average molecular weight is 405 g/mol. The van der Waals surface area contributed by atoms with Gasteiger partial charge in [-0.05, 0) is 61.0 Å². The Bertz CT molecular complexity index is 1050. The number of hydrogen-bond acceptors (Lipinski definition) is 4. The predicted octanol–water partition coefficient (Wildman–Crippen LogP) is 3.97. The maximum atomic E-state index is 12.3. The van der Waals surface area contributed by atoms with Gasteiger partial charge in [-0.1, -0.05) is 17.7 Å². The molecule has 3 aromatic rings. The lowest BCUT2D eigenvalue weighted by Crippen LogP contribution is -2.23. The molecule has 0 saturated heterocycles. The summed E-state index contributed by atoms with van der Waals surface area (Å²) in [5.74, 6) is 0.123. The first-order chi connectivity index (χ1) is 12.8. The minimum atomic E-state index is -3.71. The maximum Gasteiger partial charge on any atom is 0.255 e. The number of benzene rings is 2. The summed E-state index contributed by atoms with van der Waals surface area (Å²) < 4.78 is 32.1. The van der Waals surface area contributed by atoms with Crippen LogP contribution in [0.25, 0.3) is 0 Å². The van der Waals surface area contributed by atoms with Crippen LogP contribution in [-0.4, -0.2) is 14.3 Å². The van der Waals surface area contributed by atoms with Crippen LogP contribution >= 0.6 is 11.6 Å². The van der Waals surface area contributed by atoms with Crippen molar-refractivity contribution in [1.29, 1.82) is 0 Å². The number of rotatable bonds is 6. The minimum Gasteiger partial charge on any atom is -0.468 e. The molecule has 1 aromatic heterocycles. The number of halogens is 1. The number of amides is 1. The van der Waals surface area contributed by atoms with E-state index in [9.17, 15) is 13.2 Å². The molecule has 2 aromatic carbocycles. The lowest BCUT2D eigenvalue weighted by atomic mass is 10.2. The molecule has 2 N–H and O–H groups in total. The predicted molar refractivity (Wildman–Crippen MR) is 103 cm³/mol. The van der Waals surface area contributed by atoms with Crippen LogP contribution in [0.4, 0.5) is 5.69 Å². The Morgan fingerprint density at radius 3 is 2.48 bits per heavy atom. The number of hydrogen-bond donors (Lipinski definition) is 2. The third kappa shape index (κ3) is 4.77. The fourth-order valence-corrected chi connectivity index (χ4v) is 3.64. The van der Waals surface area contributed by atoms with Gasteiger partial charge in [-0.25, -0.2) is 13.1 Å². The number of aryl methyl sites for hydroxylation is 1. The zero-order valence-corrected chi connectivity index (χ0v) is 16.0. The molecule has 0 aliphatic rings. The zero-order valence-electron chi connectivity index (χ0n) is 14.4. The first kappa shape index (κ1) is 19.2. The Morgan fingerprint density at radius 1 is 1.11 bits per heavy atom. The zero-order chi connectivity index (χ0) is 19.4. The third-order valence-electron chi connectivity index (χ3n) is 3.82. The first-order valence-corrected chi connectivity index (χ1v) is 9.91. The van der Waals surface area contributed by atoms with Gasteiger partial charge in [0.2, 0.25) is 10.0 Å². The summed E-state index contributed by atoms with van der Waals surface area (Å²) in [6.45, 7) is 1.94. The van der Waals surface area contributed by atoms with Crippen LogP contribution < -0.4 is 10.0 Å². The van der Waals surface area contributed by atoms with Crippen LogP contribution in [0.2, 0.25) is 5.02 Å². The van der Waals surface area contributed by atoms with E-state index < -0.39 is 10.0 Å². The molecule has 0 atom stereocenters. The van der Waals surface area contributed by atoms with Crippen molar-refractivity contribution in [2.24, 2.45) is 0 Å². The summed E-state index contributed by atoms with van der Waals surface area (Å²) in [4.78, 5) is 12.4. The van der Waals surface area contributed by atoms with Crippen molar-refractivity contribution in [3.63, 3.8) is 0 Å². The van der Waals surface area contributed by atoms with Gasteiger partial charge >= 0.3 is 0 Å². The summed E-state index contributed by atoms with van der Waals surface area (Å²) >= 11 is 6.11. The molecule has 1 amide bonds. The van der Waals surface area contributed by atoms with Crippen LogP contribution in [0.3, 0.4) is 0 Å². The van der Waals surface area contributed by atoms with Crippen molar-refractivity contribution in [1.82, 2.24) is 4.72 Å². The quantitative estimate of drug-likeness (QED) is 0.650. The molecule has 6 nitrogen and oxygen atoms in total. The molecule has 0 saturated carbocycles. The molecule has 1 heterocycles. The molecule has 3 rings (SSSR count). The SMILES string of the molecule is Cc1ccc(NC(=O)c2ccc(S(=O)(=O)NCc3ccco3)cc2)c(Cl)c1. The number of carbonyl (C=O) groups excluding carboxylic acids is 1. The summed E-state index contributed by atoms with van der Waals surface area (Å²) in [6, 6.07) is 14.3. The van der Waals surface area contributed by atoms with E-state index in [2.05, 4.69) is 10.0 Å². The minimum absolute atomic E-state index is 0.0451.